The van der Waals surface area contributed by atoms with E-state index in [1.165, 1.54) is 0 Å². The zero-order valence-electron chi connectivity index (χ0n) is 9.14. The average molecular weight is 204 g/mol. The van der Waals surface area contributed by atoms with Crippen LogP contribution in [0.5, 0.6) is 0 Å². The molecule has 0 aliphatic heterocycles. The van der Waals surface area contributed by atoms with E-state index in [2.05, 4.69) is 29.8 Å². The van der Waals surface area contributed by atoms with Crippen LogP contribution in [-0.4, -0.2) is 17.6 Å². The van der Waals surface area contributed by atoms with Gasteiger partial charge in [-0.3, -0.25) is 0 Å². The zero-order chi connectivity index (χ0) is 11.3. The van der Waals surface area contributed by atoms with Gasteiger partial charge in [-0.05, 0) is 19.9 Å². The van der Waals surface area contributed by atoms with Crippen molar-refractivity contribution in [1.82, 2.24) is 4.98 Å². The molecular formula is C11H16N4. The fourth-order valence-corrected chi connectivity index (χ4v) is 1.40. The third-order valence-electron chi connectivity index (χ3n) is 2.15. The number of nitriles is 1. The third-order valence-corrected chi connectivity index (χ3v) is 2.15. The van der Waals surface area contributed by atoms with E-state index in [9.17, 15) is 0 Å². The van der Waals surface area contributed by atoms with E-state index in [1.807, 2.05) is 6.07 Å². The van der Waals surface area contributed by atoms with E-state index < -0.39 is 0 Å². The minimum Gasteiger partial charge on any atom is -0.399 e. The lowest BCUT2D eigenvalue weighted by molar-refractivity contribution is 0.677. The van der Waals surface area contributed by atoms with Crippen molar-refractivity contribution < 1.29 is 0 Å². The van der Waals surface area contributed by atoms with Crippen molar-refractivity contribution in [2.45, 2.75) is 26.3 Å². The summed E-state index contributed by atoms with van der Waals surface area (Å²) in [6.45, 7) is 4.83. The van der Waals surface area contributed by atoms with Crippen LogP contribution in [0.4, 0.5) is 11.5 Å². The van der Waals surface area contributed by atoms with Crippen LogP contribution in [0.15, 0.2) is 18.3 Å². The first-order chi connectivity index (χ1) is 7.15. The van der Waals surface area contributed by atoms with Crippen molar-refractivity contribution >= 4 is 11.5 Å². The largest absolute Gasteiger partial charge is 0.399 e. The van der Waals surface area contributed by atoms with Gasteiger partial charge in [0.25, 0.3) is 0 Å². The second-order valence-corrected chi connectivity index (χ2v) is 3.64. The third kappa shape index (κ3) is 3.13. The number of nitrogens with two attached hydrogens (primary N) is 1. The number of rotatable bonds is 4. The summed E-state index contributed by atoms with van der Waals surface area (Å²) >= 11 is 0. The first kappa shape index (κ1) is 11.3. The number of aromatic nitrogens is 1. The van der Waals surface area contributed by atoms with Crippen LogP contribution >= 0.6 is 0 Å². The van der Waals surface area contributed by atoms with Gasteiger partial charge in [0.2, 0.25) is 0 Å². The first-order valence-corrected chi connectivity index (χ1v) is 5.00. The van der Waals surface area contributed by atoms with Crippen molar-refractivity contribution in [3.63, 3.8) is 0 Å². The molecule has 0 atom stereocenters. The monoisotopic (exact) mass is 204 g/mol. The minimum atomic E-state index is 0.313. The van der Waals surface area contributed by atoms with E-state index >= 15 is 0 Å². The molecule has 1 rings (SSSR count). The van der Waals surface area contributed by atoms with E-state index in [1.54, 1.807) is 12.3 Å². The highest BCUT2D eigenvalue weighted by Crippen LogP contribution is 2.16. The normalized spacial score (nSPS) is 10.0. The lowest BCUT2D eigenvalue weighted by atomic mass is 10.2. The molecule has 0 amide bonds. The Labute approximate surface area is 90.3 Å². The number of pyridine rings is 1. The summed E-state index contributed by atoms with van der Waals surface area (Å²) in [5.41, 5.74) is 6.39. The molecule has 0 spiro atoms. The Morgan fingerprint density at radius 3 is 2.87 bits per heavy atom. The summed E-state index contributed by atoms with van der Waals surface area (Å²) in [5.74, 6) is 0.834. The van der Waals surface area contributed by atoms with Gasteiger partial charge in [0, 0.05) is 30.5 Å². The predicted octanol–water partition coefficient (Wildman–Crippen LogP) is 1.79. The van der Waals surface area contributed by atoms with Gasteiger partial charge in [0.15, 0.2) is 0 Å². The summed E-state index contributed by atoms with van der Waals surface area (Å²) in [6.07, 6.45) is 2.18. The van der Waals surface area contributed by atoms with Crippen LogP contribution in [0.25, 0.3) is 0 Å². The van der Waals surface area contributed by atoms with E-state index in [0.29, 0.717) is 24.7 Å². The molecule has 2 N–H and O–H groups in total. The Morgan fingerprint density at radius 2 is 2.33 bits per heavy atom. The fraction of sp³-hybridized carbons (Fsp3) is 0.455. The highest BCUT2D eigenvalue weighted by atomic mass is 15.2. The molecule has 0 saturated heterocycles. The molecule has 1 aromatic heterocycles. The molecule has 0 fully saturated rings. The minimum absolute atomic E-state index is 0.313. The smallest absolute Gasteiger partial charge is 0.130 e. The van der Waals surface area contributed by atoms with E-state index in [4.69, 9.17) is 11.0 Å². The molecule has 0 bridgehead atoms. The van der Waals surface area contributed by atoms with E-state index in [-0.39, 0.29) is 0 Å². The highest BCUT2D eigenvalue weighted by molar-refractivity contribution is 5.50. The summed E-state index contributed by atoms with van der Waals surface area (Å²) in [7, 11) is 0. The molecule has 0 aromatic carbocycles. The molecule has 1 heterocycles. The maximum absolute atomic E-state index is 8.58. The van der Waals surface area contributed by atoms with Crippen molar-refractivity contribution in [2.24, 2.45) is 0 Å². The second kappa shape index (κ2) is 5.20. The van der Waals surface area contributed by atoms with Gasteiger partial charge in [-0.15, -0.1) is 0 Å². The lowest BCUT2D eigenvalue weighted by Crippen LogP contribution is -2.32. The molecule has 0 unspecified atom stereocenters. The molecule has 80 valence electrons. The fourth-order valence-electron chi connectivity index (χ4n) is 1.40. The Kier molecular flexibility index (Phi) is 3.92. The summed E-state index contributed by atoms with van der Waals surface area (Å²) in [6, 6.07) is 6.04. The highest BCUT2D eigenvalue weighted by Gasteiger charge is 2.11. The van der Waals surface area contributed by atoms with Gasteiger partial charge in [-0.2, -0.15) is 5.26 Å². The lowest BCUT2D eigenvalue weighted by Gasteiger charge is -2.26. The van der Waals surface area contributed by atoms with Gasteiger partial charge in [0.05, 0.1) is 12.5 Å². The SMILES string of the molecule is CC(C)N(CCC#N)c1cc(N)ccn1. The standard InChI is InChI=1S/C11H16N4/c1-9(2)15(7-3-5-12)11-8-10(13)4-6-14-11/h4,6,8-9H,3,7H2,1-2H3,(H2,13,14). The van der Waals surface area contributed by atoms with Crippen molar-refractivity contribution in [2.75, 3.05) is 17.2 Å². The quantitative estimate of drug-likeness (QED) is 0.812. The molecule has 0 aliphatic rings. The topological polar surface area (TPSA) is 65.9 Å². The van der Waals surface area contributed by atoms with Crippen LogP contribution in [-0.2, 0) is 0 Å². The number of nitrogen functional groups attached to an aromatic ring is 1. The van der Waals surface area contributed by atoms with Crippen LogP contribution in [0.2, 0.25) is 0 Å². The summed E-state index contributed by atoms with van der Waals surface area (Å²) in [4.78, 5) is 6.32. The van der Waals surface area contributed by atoms with Crippen LogP contribution in [0, 0.1) is 11.3 Å². The average Bonchev–Trinajstić information content (AvgIpc) is 2.18. The Balaban J connectivity index is 2.84. The Hall–Kier alpha value is -1.76. The summed E-state index contributed by atoms with van der Waals surface area (Å²) in [5, 5.41) is 8.58. The molecule has 0 aliphatic carbocycles. The van der Waals surface area contributed by atoms with Crippen LogP contribution < -0.4 is 10.6 Å². The molecule has 0 radical (unpaired) electrons. The summed E-state index contributed by atoms with van der Waals surface area (Å²) < 4.78 is 0. The van der Waals surface area contributed by atoms with Gasteiger partial charge in [-0.25, -0.2) is 4.98 Å². The second-order valence-electron chi connectivity index (χ2n) is 3.64. The van der Waals surface area contributed by atoms with Gasteiger partial charge in [-0.1, -0.05) is 0 Å². The predicted molar refractivity (Wildman–Crippen MR) is 61.4 cm³/mol. The van der Waals surface area contributed by atoms with Gasteiger partial charge < -0.3 is 10.6 Å². The van der Waals surface area contributed by atoms with Crippen LogP contribution in [0.3, 0.4) is 0 Å². The Bertz CT molecular complexity index is 354. The maximum Gasteiger partial charge on any atom is 0.130 e. The molecular weight excluding hydrogens is 188 g/mol. The number of hydrogen-bond donors (Lipinski definition) is 1. The Morgan fingerprint density at radius 1 is 1.60 bits per heavy atom. The van der Waals surface area contributed by atoms with Crippen molar-refractivity contribution in [3.8, 4) is 6.07 Å². The number of nitrogens with zero attached hydrogens (tertiary/aromatic N) is 3. The van der Waals surface area contributed by atoms with Crippen molar-refractivity contribution in [1.29, 1.82) is 5.26 Å². The van der Waals surface area contributed by atoms with Gasteiger partial charge in [0.1, 0.15) is 5.82 Å². The zero-order valence-corrected chi connectivity index (χ0v) is 9.14. The molecule has 1 aromatic rings. The number of hydrogen-bond acceptors (Lipinski definition) is 4. The van der Waals surface area contributed by atoms with Gasteiger partial charge >= 0.3 is 0 Å². The van der Waals surface area contributed by atoms with E-state index in [0.717, 1.165) is 5.82 Å². The molecule has 4 nitrogen and oxygen atoms in total. The maximum atomic E-state index is 8.58. The first-order valence-electron chi connectivity index (χ1n) is 5.00. The molecule has 15 heavy (non-hydrogen) atoms. The molecule has 4 heteroatoms. The number of anilines is 2. The molecule has 0 saturated carbocycles. The van der Waals surface area contributed by atoms with Crippen LogP contribution in [0.1, 0.15) is 20.3 Å². The van der Waals surface area contributed by atoms with Crippen molar-refractivity contribution in [3.05, 3.63) is 18.3 Å².